The second kappa shape index (κ2) is 8.74. The Hall–Kier alpha value is -2.24. The van der Waals surface area contributed by atoms with Crippen molar-refractivity contribution < 1.29 is 14.3 Å². The lowest BCUT2D eigenvalue weighted by Gasteiger charge is -2.28. The van der Waals surface area contributed by atoms with Crippen LogP contribution in [0, 0.1) is 0 Å². The van der Waals surface area contributed by atoms with Gasteiger partial charge in [-0.3, -0.25) is 4.79 Å². The van der Waals surface area contributed by atoms with E-state index in [0.29, 0.717) is 23.7 Å². The van der Waals surface area contributed by atoms with Gasteiger partial charge >= 0.3 is 0 Å². The first-order valence-electron chi connectivity index (χ1n) is 8.32. The quantitative estimate of drug-likeness (QED) is 0.805. The van der Waals surface area contributed by atoms with E-state index in [0.717, 1.165) is 37.7 Å². The van der Waals surface area contributed by atoms with Crippen molar-refractivity contribution in [1.29, 1.82) is 0 Å². The normalized spacial score (nSPS) is 14.2. The summed E-state index contributed by atoms with van der Waals surface area (Å²) in [4.78, 5) is 14.4. The molecule has 0 unspecified atom stereocenters. The predicted octanol–water partition coefficient (Wildman–Crippen LogP) is 2.99. The van der Waals surface area contributed by atoms with Crippen LogP contribution in [-0.4, -0.2) is 45.4 Å². The number of benzene rings is 2. The Kier molecular flexibility index (Phi) is 6.14. The van der Waals surface area contributed by atoms with Crippen molar-refractivity contribution in [3.05, 3.63) is 59.1 Å². The molecule has 0 atom stereocenters. The van der Waals surface area contributed by atoms with Crippen LogP contribution >= 0.6 is 11.6 Å². The maximum Gasteiger partial charge on any atom is 0.251 e. The van der Waals surface area contributed by atoms with Crippen molar-refractivity contribution in [2.75, 3.05) is 44.4 Å². The molecule has 1 amide bonds. The van der Waals surface area contributed by atoms with Gasteiger partial charge in [0.15, 0.2) is 0 Å². The third-order valence-corrected chi connectivity index (χ3v) is 4.23. The molecule has 5 nitrogen and oxygen atoms in total. The molecule has 0 spiro atoms. The van der Waals surface area contributed by atoms with Gasteiger partial charge in [-0.15, -0.1) is 0 Å². The van der Waals surface area contributed by atoms with E-state index in [-0.39, 0.29) is 5.91 Å². The van der Waals surface area contributed by atoms with Gasteiger partial charge in [-0.05, 0) is 48.5 Å². The number of amides is 1. The van der Waals surface area contributed by atoms with Crippen molar-refractivity contribution >= 4 is 23.2 Å². The molecule has 0 aliphatic carbocycles. The molecule has 0 radical (unpaired) electrons. The molecule has 1 aliphatic heterocycles. The van der Waals surface area contributed by atoms with Crippen LogP contribution in [0.4, 0.5) is 5.69 Å². The van der Waals surface area contributed by atoms with Gasteiger partial charge in [0.25, 0.3) is 5.91 Å². The van der Waals surface area contributed by atoms with E-state index < -0.39 is 0 Å². The zero-order chi connectivity index (χ0) is 17.5. The Balaban J connectivity index is 1.43. The summed E-state index contributed by atoms with van der Waals surface area (Å²) in [6, 6.07) is 14.8. The lowest BCUT2D eigenvalue weighted by atomic mass is 10.1. The van der Waals surface area contributed by atoms with Crippen LogP contribution in [-0.2, 0) is 4.74 Å². The molecule has 0 saturated carbocycles. The number of carbonyl (C=O) groups excluding carboxylic acids is 1. The molecular weight excluding hydrogens is 340 g/mol. The van der Waals surface area contributed by atoms with Gasteiger partial charge in [0, 0.05) is 29.4 Å². The number of nitrogens with zero attached hydrogens (tertiary/aromatic N) is 1. The van der Waals surface area contributed by atoms with Gasteiger partial charge in [0.1, 0.15) is 12.4 Å². The number of morpholine rings is 1. The van der Waals surface area contributed by atoms with Gasteiger partial charge in [-0.1, -0.05) is 11.6 Å². The van der Waals surface area contributed by atoms with Crippen LogP contribution in [0.5, 0.6) is 5.75 Å². The van der Waals surface area contributed by atoms with Crippen molar-refractivity contribution in [1.82, 2.24) is 5.32 Å². The van der Waals surface area contributed by atoms with E-state index in [2.05, 4.69) is 10.2 Å². The number of nitrogens with one attached hydrogen (secondary N) is 1. The molecule has 3 rings (SSSR count). The standard InChI is InChI=1S/C19H21ClN2O3/c20-16-3-7-18(8-4-16)25-12-9-21-19(23)15-1-5-17(6-2-15)22-10-13-24-14-11-22/h1-8H,9-14H2,(H,21,23). The smallest absolute Gasteiger partial charge is 0.251 e. The van der Waals surface area contributed by atoms with Crippen LogP contribution in [0.3, 0.4) is 0 Å². The second-order valence-electron chi connectivity index (χ2n) is 5.70. The Labute approximate surface area is 152 Å². The summed E-state index contributed by atoms with van der Waals surface area (Å²) in [5.41, 5.74) is 1.76. The SMILES string of the molecule is O=C(NCCOc1ccc(Cl)cc1)c1ccc(N2CCOCC2)cc1. The lowest BCUT2D eigenvalue weighted by Crippen LogP contribution is -2.36. The zero-order valence-corrected chi connectivity index (χ0v) is 14.7. The molecule has 1 fully saturated rings. The minimum atomic E-state index is -0.103. The molecular formula is C19H21ClN2O3. The molecule has 1 saturated heterocycles. The summed E-state index contributed by atoms with van der Waals surface area (Å²) in [5.74, 6) is 0.627. The topological polar surface area (TPSA) is 50.8 Å². The number of rotatable bonds is 6. The van der Waals surface area contributed by atoms with Gasteiger partial charge in [0.05, 0.1) is 19.8 Å². The van der Waals surface area contributed by atoms with E-state index in [1.54, 1.807) is 24.3 Å². The fourth-order valence-corrected chi connectivity index (χ4v) is 2.74. The molecule has 1 heterocycles. The van der Waals surface area contributed by atoms with E-state index in [1.165, 1.54) is 0 Å². The fraction of sp³-hybridized carbons (Fsp3) is 0.316. The van der Waals surface area contributed by atoms with Gasteiger partial charge in [-0.2, -0.15) is 0 Å². The van der Waals surface area contributed by atoms with Crippen LogP contribution in [0.25, 0.3) is 0 Å². The average molecular weight is 361 g/mol. The molecule has 0 aromatic heterocycles. The number of hydrogen-bond donors (Lipinski definition) is 1. The molecule has 132 valence electrons. The minimum Gasteiger partial charge on any atom is -0.492 e. The van der Waals surface area contributed by atoms with Crippen molar-refractivity contribution in [3.63, 3.8) is 0 Å². The number of anilines is 1. The largest absolute Gasteiger partial charge is 0.492 e. The van der Waals surface area contributed by atoms with Crippen LogP contribution in [0.1, 0.15) is 10.4 Å². The zero-order valence-electron chi connectivity index (χ0n) is 13.9. The number of halogens is 1. The van der Waals surface area contributed by atoms with Gasteiger partial charge in [-0.25, -0.2) is 0 Å². The maximum atomic E-state index is 12.2. The molecule has 2 aromatic carbocycles. The molecule has 1 N–H and O–H groups in total. The summed E-state index contributed by atoms with van der Waals surface area (Å²) in [7, 11) is 0. The Morgan fingerprint density at radius 1 is 1.08 bits per heavy atom. The maximum absolute atomic E-state index is 12.2. The molecule has 2 aromatic rings. The highest BCUT2D eigenvalue weighted by Crippen LogP contribution is 2.17. The number of ether oxygens (including phenoxy) is 2. The number of carbonyl (C=O) groups is 1. The predicted molar refractivity (Wildman–Crippen MR) is 98.8 cm³/mol. The van der Waals surface area contributed by atoms with Crippen LogP contribution < -0.4 is 15.0 Å². The highest BCUT2D eigenvalue weighted by atomic mass is 35.5. The first-order chi connectivity index (χ1) is 12.2. The first-order valence-corrected chi connectivity index (χ1v) is 8.69. The average Bonchev–Trinajstić information content (AvgIpc) is 2.67. The van der Waals surface area contributed by atoms with E-state index in [9.17, 15) is 4.79 Å². The lowest BCUT2D eigenvalue weighted by molar-refractivity contribution is 0.0947. The van der Waals surface area contributed by atoms with Gasteiger partial charge in [0.2, 0.25) is 0 Å². The summed E-state index contributed by atoms with van der Waals surface area (Å²) >= 11 is 5.82. The second-order valence-corrected chi connectivity index (χ2v) is 6.14. The van der Waals surface area contributed by atoms with E-state index in [4.69, 9.17) is 21.1 Å². The van der Waals surface area contributed by atoms with Crippen molar-refractivity contribution in [3.8, 4) is 5.75 Å². The van der Waals surface area contributed by atoms with Crippen LogP contribution in [0.2, 0.25) is 5.02 Å². The molecule has 6 heteroatoms. The molecule has 25 heavy (non-hydrogen) atoms. The molecule has 0 bridgehead atoms. The third-order valence-electron chi connectivity index (χ3n) is 3.98. The number of hydrogen-bond acceptors (Lipinski definition) is 4. The fourth-order valence-electron chi connectivity index (χ4n) is 2.61. The summed E-state index contributed by atoms with van der Waals surface area (Å²) in [5, 5.41) is 3.52. The highest BCUT2D eigenvalue weighted by Gasteiger charge is 2.12. The van der Waals surface area contributed by atoms with Crippen molar-refractivity contribution in [2.45, 2.75) is 0 Å². The summed E-state index contributed by atoms with van der Waals surface area (Å²) in [6.07, 6.45) is 0. The summed E-state index contributed by atoms with van der Waals surface area (Å²) < 4.78 is 10.9. The van der Waals surface area contributed by atoms with E-state index >= 15 is 0 Å². The first kappa shape index (κ1) is 17.6. The van der Waals surface area contributed by atoms with Crippen molar-refractivity contribution in [2.24, 2.45) is 0 Å². The van der Waals surface area contributed by atoms with Gasteiger partial charge < -0.3 is 19.7 Å². The van der Waals surface area contributed by atoms with E-state index in [1.807, 2.05) is 24.3 Å². The third kappa shape index (κ3) is 5.11. The monoisotopic (exact) mass is 360 g/mol. The Morgan fingerprint density at radius 2 is 1.76 bits per heavy atom. The minimum absolute atomic E-state index is 0.103. The summed E-state index contributed by atoms with van der Waals surface area (Å²) in [6.45, 7) is 4.10. The molecule has 1 aliphatic rings. The Morgan fingerprint density at radius 3 is 2.44 bits per heavy atom. The highest BCUT2D eigenvalue weighted by molar-refractivity contribution is 6.30. The Bertz CT molecular complexity index is 683. The van der Waals surface area contributed by atoms with Crippen LogP contribution in [0.15, 0.2) is 48.5 Å².